The number of rotatable bonds is 5. The number of hydrogen-bond acceptors (Lipinski definition) is 6. The predicted octanol–water partition coefficient (Wildman–Crippen LogP) is 2.95. The Morgan fingerprint density at radius 3 is 2.55 bits per heavy atom. The minimum absolute atomic E-state index is 0.0823. The number of nitrogen functional groups attached to an aromatic ring is 1. The molecule has 4 aromatic rings. The van der Waals surface area contributed by atoms with Crippen LogP contribution >= 0.6 is 0 Å². The zero-order valence-electron chi connectivity index (χ0n) is 23.8. The average Bonchev–Trinajstić information content (AvgIpc) is 3.74. The average molecular weight is 570 g/mol. The lowest BCUT2D eigenvalue weighted by Crippen LogP contribution is -2.41. The lowest BCUT2D eigenvalue weighted by molar-refractivity contribution is 0.0950. The Kier molecular flexibility index (Phi) is 7.19. The molecular formula is C31H35N7O4. The topological polar surface area (TPSA) is 150 Å². The highest BCUT2D eigenvalue weighted by Crippen LogP contribution is 2.36. The van der Waals surface area contributed by atoms with Gasteiger partial charge in [-0.15, -0.1) is 0 Å². The number of likely N-dealkylation sites (tertiary alicyclic amines) is 2. The third-order valence-electron chi connectivity index (χ3n) is 8.40. The zero-order chi connectivity index (χ0) is 29.5. The van der Waals surface area contributed by atoms with E-state index in [0.717, 1.165) is 27.8 Å². The van der Waals surface area contributed by atoms with Gasteiger partial charge in [-0.1, -0.05) is 42.0 Å². The van der Waals surface area contributed by atoms with Gasteiger partial charge < -0.3 is 30.5 Å². The molecule has 2 aliphatic rings. The standard InChI is InChI=1S/C31H35N7O4/c1-18-3-4-19(2)24(13-18)29(40)33-14-20-5-7-21(8-6-20)25-17-38(27-26(25)28(32)34-35-30(27)41)22-9-11-36(15-22)31(42)37-12-10-23(39)16-37/h3-8,13,17,22-23,39H,9-12,14-16H2,1-2H3,(H2,32,34)(H,33,40)(H,35,41)/t22-,23-/m1/s1. The van der Waals surface area contributed by atoms with Crippen LogP contribution in [-0.4, -0.2) is 73.9 Å². The number of nitrogens with two attached hydrogens (primary N) is 1. The van der Waals surface area contributed by atoms with Crippen LogP contribution in [0.4, 0.5) is 10.6 Å². The van der Waals surface area contributed by atoms with Crippen molar-refractivity contribution >= 4 is 28.7 Å². The highest BCUT2D eigenvalue weighted by molar-refractivity contribution is 6.02. The second-order valence-electron chi connectivity index (χ2n) is 11.4. The summed E-state index contributed by atoms with van der Waals surface area (Å²) in [5.41, 5.74) is 11.6. The Morgan fingerprint density at radius 1 is 1.07 bits per heavy atom. The van der Waals surface area contributed by atoms with Gasteiger partial charge in [-0.3, -0.25) is 9.59 Å². The second-order valence-corrected chi connectivity index (χ2v) is 11.4. The number of aromatic nitrogens is 3. The summed E-state index contributed by atoms with van der Waals surface area (Å²) >= 11 is 0. The number of urea groups is 1. The number of aromatic amines is 1. The molecule has 3 amide bonds. The molecule has 2 saturated heterocycles. The first-order valence-corrected chi connectivity index (χ1v) is 14.2. The molecule has 2 aliphatic heterocycles. The number of nitrogens with zero attached hydrogens (tertiary/aromatic N) is 4. The van der Waals surface area contributed by atoms with Crippen molar-refractivity contribution in [2.45, 2.75) is 45.4 Å². The van der Waals surface area contributed by atoms with E-state index < -0.39 is 6.10 Å². The van der Waals surface area contributed by atoms with Gasteiger partial charge in [0.25, 0.3) is 11.5 Å². The maximum absolute atomic E-state index is 13.0. The first-order valence-electron chi connectivity index (χ1n) is 14.2. The largest absolute Gasteiger partial charge is 0.391 e. The Labute approximate surface area is 242 Å². The van der Waals surface area contributed by atoms with E-state index in [1.165, 1.54) is 0 Å². The lowest BCUT2D eigenvalue weighted by Gasteiger charge is -2.24. The van der Waals surface area contributed by atoms with Gasteiger partial charge in [0.05, 0.1) is 17.5 Å². The highest BCUT2D eigenvalue weighted by Gasteiger charge is 2.34. The molecule has 4 heterocycles. The number of nitrogens with one attached hydrogen (secondary N) is 2. The second kappa shape index (κ2) is 11.0. The van der Waals surface area contributed by atoms with Crippen LogP contribution in [0.25, 0.3) is 22.0 Å². The van der Waals surface area contributed by atoms with Crippen molar-refractivity contribution in [3.8, 4) is 11.1 Å². The van der Waals surface area contributed by atoms with E-state index in [-0.39, 0.29) is 29.4 Å². The van der Waals surface area contributed by atoms with Crippen molar-refractivity contribution in [2.75, 3.05) is 31.9 Å². The van der Waals surface area contributed by atoms with Gasteiger partial charge >= 0.3 is 6.03 Å². The molecule has 2 aromatic heterocycles. The number of aliphatic hydroxyl groups excluding tert-OH is 1. The summed E-state index contributed by atoms with van der Waals surface area (Å²) in [5.74, 6) is 0.103. The smallest absolute Gasteiger partial charge is 0.320 e. The molecule has 2 fully saturated rings. The van der Waals surface area contributed by atoms with E-state index in [2.05, 4.69) is 15.5 Å². The molecular weight excluding hydrogens is 534 g/mol. The van der Waals surface area contributed by atoms with Gasteiger partial charge in [0.1, 0.15) is 5.52 Å². The fourth-order valence-corrected chi connectivity index (χ4v) is 6.06. The SMILES string of the molecule is Cc1ccc(C)c(C(=O)NCc2ccc(-c3cn([C@@H]4CCN(C(=O)N5CC[C@@H](O)C5)C4)c4c(=O)[nH]nc(N)c34)cc2)c1. The molecule has 0 saturated carbocycles. The van der Waals surface area contributed by atoms with Crippen LogP contribution < -0.4 is 16.6 Å². The van der Waals surface area contributed by atoms with Crippen LogP contribution in [0.2, 0.25) is 0 Å². The predicted molar refractivity (Wildman–Crippen MR) is 160 cm³/mol. The van der Waals surface area contributed by atoms with Crippen molar-refractivity contribution in [1.82, 2.24) is 29.9 Å². The molecule has 0 aliphatic carbocycles. The summed E-state index contributed by atoms with van der Waals surface area (Å²) in [4.78, 5) is 42.3. The molecule has 11 nitrogen and oxygen atoms in total. The number of aliphatic hydroxyl groups is 1. The van der Waals surface area contributed by atoms with Gasteiger partial charge in [0, 0.05) is 50.0 Å². The highest BCUT2D eigenvalue weighted by atomic mass is 16.3. The van der Waals surface area contributed by atoms with Crippen LogP contribution in [-0.2, 0) is 6.54 Å². The summed E-state index contributed by atoms with van der Waals surface area (Å²) < 4.78 is 1.92. The van der Waals surface area contributed by atoms with Gasteiger partial charge in [-0.2, -0.15) is 5.10 Å². The summed E-state index contributed by atoms with van der Waals surface area (Å²) in [5, 5.41) is 20.0. The van der Waals surface area contributed by atoms with E-state index >= 15 is 0 Å². The fraction of sp³-hybridized carbons (Fsp3) is 0.355. The molecule has 218 valence electrons. The zero-order valence-corrected chi connectivity index (χ0v) is 23.8. The van der Waals surface area contributed by atoms with Gasteiger partial charge in [0.15, 0.2) is 5.82 Å². The summed E-state index contributed by atoms with van der Waals surface area (Å²) in [6, 6.07) is 13.4. The van der Waals surface area contributed by atoms with Crippen LogP contribution in [0, 0.1) is 13.8 Å². The Morgan fingerprint density at radius 2 is 1.81 bits per heavy atom. The van der Waals surface area contributed by atoms with Crippen LogP contribution in [0.3, 0.4) is 0 Å². The molecule has 6 rings (SSSR count). The van der Waals surface area contributed by atoms with Crippen LogP contribution in [0.1, 0.15) is 45.9 Å². The molecule has 2 aromatic carbocycles. The number of benzene rings is 2. The van der Waals surface area contributed by atoms with E-state index in [0.29, 0.717) is 62.0 Å². The number of H-pyrrole nitrogens is 1. The number of β-amino-alcohol motifs (C(OH)–C–C–N with tert-alkyl or cyclic N) is 1. The summed E-state index contributed by atoms with van der Waals surface area (Å²) in [6.45, 7) is 6.17. The van der Waals surface area contributed by atoms with Gasteiger partial charge in [0.2, 0.25) is 0 Å². The first-order chi connectivity index (χ1) is 20.2. The first kappa shape index (κ1) is 27.5. The van der Waals surface area contributed by atoms with Crippen molar-refractivity contribution in [1.29, 1.82) is 0 Å². The third kappa shape index (κ3) is 5.11. The Bertz CT molecular complexity index is 1730. The maximum Gasteiger partial charge on any atom is 0.320 e. The number of amides is 3. The quantitative estimate of drug-likeness (QED) is 0.290. The van der Waals surface area contributed by atoms with E-state index in [1.54, 1.807) is 9.80 Å². The molecule has 0 unspecified atom stereocenters. The van der Waals surface area contributed by atoms with E-state index in [4.69, 9.17) is 5.73 Å². The summed E-state index contributed by atoms with van der Waals surface area (Å²) in [7, 11) is 0. The molecule has 0 spiro atoms. The molecule has 5 N–H and O–H groups in total. The minimum atomic E-state index is -0.475. The van der Waals surface area contributed by atoms with E-state index in [1.807, 2.05) is 67.1 Å². The summed E-state index contributed by atoms with van der Waals surface area (Å²) in [6.07, 6.45) is 2.73. The van der Waals surface area contributed by atoms with Crippen molar-refractivity contribution in [2.24, 2.45) is 0 Å². The molecule has 0 bridgehead atoms. The van der Waals surface area contributed by atoms with Crippen LogP contribution in [0.15, 0.2) is 53.5 Å². The molecule has 0 radical (unpaired) electrons. The number of aryl methyl sites for hydroxylation is 2. The molecule has 42 heavy (non-hydrogen) atoms. The Hall–Kier alpha value is -4.64. The number of carbonyl (C=O) groups excluding carboxylic acids is 2. The van der Waals surface area contributed by atoms with Crippen LogP contribution in [0.5, 0.6) is 0 Å². The lowest BCUT2D eigenvalue weighted by atomic mass is 10.0. The van der Waals surface area contributed by atoms with Crippen molar-refractivity contribution < 1.29 is 14.7 Å². The number of carbonyl (C=O) groups is 2. The molecule has 11 heteroatoms. The van der Waals surface area contributed by atoms with Gasteiger partial charge in [-0.25, -0.2) is 9.89 Å². The van der Waals surface area contributed by atoms with Gasteiger partial charge in [-0.05, 0) is 49.4 Å². The number of anilines is 1. The minimum Gasteiger partial charge on any atom is -0.391 e. The number of fused-ring (bicyclic) bond motifs is 1. The third-order valence-corrected chi connectivity index (χ3v) is 8.40. The molecule has 2 atom stereocenters. The fourth-order valence-electron chi connectivity index (χ4n) is 6.06. The number of hydrogen-bond donors (Lipinski definition) is 4. The van der Waals surface area contributed by atoms with Crippen molar-refractivity contribution in [3.63, 3.8) is 0 Å². The maximum atomic E-state index is 13.0. The van der Waals surface area contributed by atoms with Crippen molar-refractivity contribution in [3.05, 3.63) is 81.3 Å². The van der Waals surface area contributed by atoms with E-state index in [9.17, 15) is 19.5 Å². The monoisotopic (exact) mass is 569 g/mol. The Balaban J connectivity index is 1.23. The normalized spacial score (nSPS) is 18.6.